The molecule has 2 unspecified atom stereocenters. The Morgan fingerprint density at radius 2 is 2.00 bits per heavy atom. The molecule has 0 bridgehead atoms. The number of Topliss-reactive ketones (excluding diaryl/α,β-unsaturated/α-hetero) is 1. The van der Waals surface area contributed by atoms with Gasteiger partial charge < -0.3 is 6.15 Å². The highest BCUT2D eigenvalue weighted by Crippen LogP contribution is 2.30. The number of allylic oxidation sites excluding steroid dienone is 1. The molecule has 1 rings (SSSR count). The highest BCUT2D eigenvalue weighted by atomic mass is 32.2. The number of hydrogen-bond donors (Lipinski definition) is 2. The van der Waals surface area contributed by atoms with Crippen LogP contribution in [-0.2, 0) is 14.9 Å². The minimum absolute atomic E-state index is 0. The van der Waals surface area contributed by atoms with E-state index in [0.29, 0.717) is 0 Å². The van der Waals surface area contributed by atoms with Crippen molar-refractivity contribution >= 4 is 15.9 Å². The van der Waals surface area contributed by atoms with Crippen molar-refractivity contribution in [3.8, 4) is 0 Å². The molecule has 0 heterocycles. The first-order valence-corrected chi connectivity index (χ1v) is 5.02. The van der Waals surface area contributed by atoms with Crippen LogP contribution in [0, 0.1) is 5.92 Å². The predicted molar refractivity (Wildman–Crippen MR) is 48.3 cm³/mol. The Balaban J connectivity index is 0.00000144. The van der Waals surface area contributed by atoms with Gasteiger partial charge in [-0.25, -0.2) is 0 Å². The highest BCUT2D eigenvalue weighted by molar-refractivity contribution is 7.86. The summed E-state index contributed by atoms with van der Waals surface area (Å²) in [6, 6.07) is 0. The van der Waals surface area contributed by atoms with E-state index in [0.717, 1.165) is 0 Å². The van der Waals surface area contributed by atoms with Crippen LogP contribution in [0.15, 0.2) is 12.2 Å². The molecule has 1 aliphatic rings. The van der Waals surface area contributed by atoms with E-state index in [1.54, 1.807) is 0 Å². The Kier molecular flexibility index (Phi) is 3.37. The van der Waals surface area contributed by atoms with Crippen LogP contribution in [0.25, 0.3) is 0 Å². The molecule has 6 heteroatoms. The lowest BCUT2D eigenvalue weighted by atomic mass is 10.1. The van der Waals surface area contributed by atoms with Gasteiger partial charge in [0.25, 0.3) is 10.1 Å². The van der Waals surface area contributed by atoms with Crippen LogP contribution < -0.4 is 6.15 Å². The van der Waals surface area contributed by atoms with Gasteiger partial charge in [-0.05, 0) is 12.0 Å². The van der Waals surface area contributed by atoms with Crippen LogP contribution in [0.4, 0.5) is 0 Å². The second kappa shape index (κ2) is 3.57. The summed E-state index contributed by atoms with van der Waals surface area (Å²) in [4.78, 5) is 11.1. The Hall–Kier alpha value is -0.720. The summed E-state index contributed by atoms with van der Waals surface area (Å²) in [6.45, 7) is 4.91. The van der Waals surface area contributed by atoms with E-state index in [1.165, 1.54) is 6.92 Å². The number of carbonyl (C=O) groups excluding carboxylic acids is 1. The smallest absolute Gasteiger partial charge is 0.268 e. The van der Waals surface area contributed by atoms with Gasteiger partial charge in [-0.2, -0.15) is 8.42 Å². The first-order valence-electron chi connectivity index (χ1n) is 3.52. The number of rotatable bonds is 1. The third-order valence-corrected chi connectivity index (χ3v) is 3.49. The van der Waals surface area contributed by atoms with Crippen LogP contribution >= 0.6 is 0 Å². The van der Waals surface area contributed by atoms with Crippen molar-refractivity contribution in [1.82, 2.24) is 6.15 Å². The molecule has 0 aromatic heterocycles. The third-order valence-electron chi connectivity index (χ3n) is 2.15. The van der Waals surface area contributed by atoms with E-state index in [2.05, 4.69) is 6.58 Å². The highest BCUT2D eigenvalue weighted by Gasteiger charge is 2.41. The van der Waals surface area contributed by atoms with Crippen LogP contribution in [0.2, 0.25) is 0 Å². The van der Waals surface area contributed by atoms with Gasteiger partial charge in [0.2, 0.25) is 0 Å². The molecule has 4 N–H and O–H groups in total. The minimum Gasteiger partial charge on any atom is -0.344 e. The monoisotopic (exact) mass is 207 g/mol. The Morgan fingerprint density at radius 1 is 1.54 bits per heavy atom. The molecule has 0 aromatic carbocycles. The summed E-state index contributed by atoms with van der Waals surface area (Å²) >= 11 is 0. The lowest BCUT2D eigenvalue weighted by molar-refractivity contribution is -0.117. The average Bonchev–Trinajstić information content (AvgIpc) is 2.15. The zero-order valence-corrected chi connectivity index (χ0v) is 8.17. The Morgan fingerprint density at radius 3 is 2.15 bits per heavy atom. The maximum absolute atomic E-state index is 11.1. The van der Waals surface area contributed by atoms with Gasteiger partial charge in [0, 0.05) is 5.92 Å². The molecule has 1 aliphatic carbocycles. The molecule has 5 nitrogen and oxygen atoms in total. The van der Waals surface area contributed by atoms with Crippen LogP contribution in [0.1, 0.15) is 13.3 Å². The zero-order valence-electron chi connectivity index (χ0n) is 7.36. The number of ketones is 1. The van der Waals surface area contributed by atoms with Gasteiger partial charge in [-0.15, -0.1) is 0 Å². The summed E-state index contributed by atoms with van der Waals surface area (Å²) in [5, 5.41) is -0.988. The van der Waals surface area contributed by atoms with E-state index >= 15 is 0 Å². The molecule has 1 saturated carbocycles. The molecule has 0 aliphatic heterocycles. The molecule has 13 heavy (non-hydrogen) atoms. The van der Waals surface area contributed by atoms with Crippen LogP contribution in [0.3, 0.4) is 0 Å². The van der Waals surface area contributed by atoms with Crippen molar-refractivity contribution in [2.75, 3.05) is 0 Å². The molecule has 0 aromatic rings. The van der Waals surface area contributed by atoms with E-state index in [1.807, 2.05) is 0 Å². The standard InChI is InChI=1S/C7H10O4S.H3N/c1-4-3-6(12(9,10)11)5(2)7(4)8;/h5-6H,1,3H2,2H3,(H,9,10,11);1H3. The molecule has 0 radical (unpaired) electrons. The summed E-state index contributed by atoms with van der Waals surface area (Å²) < 4.78 is 30.1. The van der Waals surface area contributed by atoms with Crippen LogP contribution in [-0.4, -0.2) is 24.0 Å². The Labute approximate surface area is 77.2 Å². The predicted octanol–water partition coefficient (Wildman–Crippen LogP) is 0.570. The molecule has 0 amide bonds. The first-order chi connectivity index (χ1) is 5.34. The van der Waals surface area contributed by atoms with Gasteiger partial charge >= 0.3 is 0 Å². The van der Waals surface area contributed by atoms with Crippen LogP contribution in [0.5, 0.6) is 0 Å². The zero-order chi connectivity index (χ0) is 9.52. The van der Waals surface area contributed by atoms with E-state index in [9.17, 15) is 13.2 Å². The SMILES string of the molecule is C=C1CC(S(=O)(=O)O)C(C)C1=O.N. The molecule has 2 atom stereocenters. The van der Waals surface area contributed by atoms with Crippen molar-refractivity contribution in [3.05, 3.63) is 12.2 Å². The normalized spacial score (nSPS) is 28.8. The van der Waals surface area contributed by atoms with Crippen molar-refractivity contribution < 1.29 is 17.8 Å². The fraction of sp³-hybridized carbons (Fsp3) is 0.571. The third kappa shape index (κ3) is 2.15. The van der Waals surface area contributed by atoms with Gasteiger partial charge in [-0.3, -0.25) is 9.35 Å². The molecule has 76 valence electrons. The largest absolute Gasteiger partial charge is 0.344 e. The van der Waals surface area contributed by atoms with Gasteiger partial charge in [0.15, 0.2) is 5.78 Å². The van der Waals surface area contributed by atoms with E-state index < -0.39 is 21.3 Å². The summed E-state index contributed by atoms with van der Waals surface area (Å²) in [5.74, 6) is -0.926. The maximum atomic E-state index is 11.1. The fourth-order valence-electron chi connectivity index (χ4n) is 1.37. The molecule has 0 spiro atoms. The summed E-state index contributed by atoms with van der Waals surface area (Å²) in [6.07, 6.45) is 0.0544. The van der Waals surface area contributed by atoms with Crippen molar-refractivity contribution in [2.45, 2.75) is 18.6 Å². The second-order valence-electron chi connectivity index (χ2n) is 3.01. The summed E-state index contributed by atoms with van der Waals surface area (Å²) in [7, 11) is -4.10. The number of carbonyl (C=O) groups is 1. The van der Waals surface area contributed by atoms with E-state index in [4.69, 9.17) is 4.55 Å². The Bertz CT molecular complexity index is 332. The lowest BCUT2D eigenvalue weighted by Crippen LogP contribution is -2.25. The minimum atomic E-state index is -4.10. The van der Waals surface area contributed by atoms with Crippen molar-refractivity contribution in [3.63, 3.8) is 0 Å². The van der Waals surface area contributed by atoms with Gasteiger partial charge in [0.05, 0.1) is 0 Å². The van der Waals surface area contributed by atoms with Gasteiger partial charge in [0.1, 0.15) is 5.25 Å². The first kappa shape index (κ1) is 12.3. The van der Waals surface area contributed by atoms with Gasteiger partial charge in [-0.1, -0.05) is 13.5 Å². The molecular formula is C7H13NO4S. The van der Waals surface area contributed by atoms with E-state index in [-0.39, 0.29) is 23.9 Å². The maximum Gasteiger partial charge on any atom is 0.268 e. The van der Waals surface area contributed by atoms with Crippen molar-refractivity contribution in [2.24, 2.45) is 5.92 Å². The second-order valence-corrected chi connectivity index (χ2v) is 4.65. The number of hydrogen-bond acceptors (Lipinski definition) is 4. The summed E-state index contributed by atoms with van der Waals surface area (Å²) in [5.41, 5.74) is 0.283. The molecule has 1 fully saturated rings. The quantitative estimate of drug-likeness (QED) is 0.483. The average molecular weight is 207 g/mol. The molecular weight excluding hydrogens is 194 g/mol. The lowest BCUT2D eigenvalue weighted by Gasteiger charge is -2.08. The van der Waals surface area contributed by atoms with Crippen molar-refractivity contribution in [1.29, 1.82) is 0 Å². The molecule has 0 saturated heterocycles. The topological polar surface area (TPSA) is 106 Å². The fourth-order valence-corrected chi connectivity index (χ4v) is 2.43.